The van der Waals surface area contributed by atoms with Gasteiger partial charge < -0.3 is 4.90 Å². The van der Waals surface area contributed by atoms with E-state index in [0.717, 1.165) is 24.2 Å². The van der Waals surface area contributed by atoms with Crippen LogP contribution in [0.25, 0.3) is 11.4 Å². The number of hydrogen-bond donors (Lipinski definition) is 1. The molecule has 1 aromatic carbocycles. The maximum Gasteiger partial charge on any atom is 0.231 e. The summed E-state index contributed by atoms with van der Waals surface area (Å²) in [5.74, 6) is 1.97. The first-order chi connectivity index (χ1) is 11.9. The van der Waals surface area contributed by atoms with E-state index in [1.165, 1.54) is 0 Å². The zero-order valence-electron chi connectivity index (χ0n) is 14.0. The van der Waals surface area contributed by atoms with Gasteiger partial charge in [0.15, 0.2) is 5.82 Å². The minimum Gasteiger partial charge on any atom is -0.342 e. The van der Waals surface area contributed by atoms with Gasteiger partial charge in [-0.1, -0.05) is 30.3 Å². The third kappa shape index (κ3) is 2.93. The van der Waals surface area contributed by atoms with Gasteiger partial charge in [-0.05, 0) is 26.2 Å². The number of halogens is 2. The SMILES string of the molecule is C[C@@]1(C(=O)N2CCC(c3nc(-c4ccccc4)n[nH]3)CC2)CC1(Cl)Cl. The first-order valence-electron chi connectivity index (χ1n) is 8.56. The molecule has 1 N–H and O–H groups in total. The van der Waals surface area contributed by atoms with Crippen molar-refractivity contribution in [3.8, 4) is 11.4 Å². The van der Waals surface area contributed by atoms with E-state index in [0.29, 0.717) is 25.3 Å². The van der Waals surface area contributed by atoms with Gasteiger partial charge in [0, 0.05) is 24.6 Å². The Labute approximate surface area is 156 Å². The number of H-pyrrole nitrogens is 1. The molecule has 1 saturated heterocycles. The number of benzene rings is 1. The summed E-state index contributed by atoms with van der Waals surface area (Å²) >= 11 is 12.3. The van der Waals surface area contributed by atoms with Crippen molar-refractivity contribution in [3.05, 3.63) is 36.2 Å². The molecule has 2 heterocycles. The highest BCUT2D eigenvalue weighted by Crippen LogP contribution is 2.64. The van der Waals surface area contributed by atoms with Crippen LogP contribution in [0.5, 0.6) is 0 Å². The third-order valence-electron chi connectivity index (χ3n) is 5.43. The highest BCUT2D eigenvalue weighted by Gasteiger charge is 2.68. The normalized spacial score (nSPS) is 25.8. The van der Waals surface area contributed by atoms with Crippen molar-refractivity contribution >= 4 is 29.1 Å². The summed E-state index contributed by atoms with van der Waals surface area (Å²) in [7, 11) is 0. The number of nitrogens with one attached hydrogen (secondary N) is 1. The molecule has 2 aliphatic rings. The van der Waals surface area contributed by atoms with Crippen LogP contribution < -0.4 is 0 Å². The molecule has 1 aromatic heterocycles. The smallest absolute Gasteiger partial charge is 0.231 e. The highest BCUT2D eigenvalue weighted by molar-refractivity contribution is 6.53. The fraction of sp³-hybridized carbons (Fsp3) is 0.500. The molecule has 5 nitrogen and oxygen atoms in total. The Morgan fingerprint density at radius 1 is 1.24 bits per heavy atom. The van der Waals surface area contributed by atoms with Crippen LogP contribution in [-0.4, -0.2) is 43.4 Å². The van der Waals surface area contributed by atoms with Crippen LogP contribution in [0.1, 0.15) is 37.9 Å². The van der Waals surface area contributed by atoms with Crippen molar-refractivity contribution in [3.63, 3.8) is 0 Å². The Hall–Kier alpha value is -1.59. The number of likely N-dealkylation sites (tertiary alicyclic amines) is 1. The summed E-state index contributed by atoms with van der Waals surface area (Å²) in [5, 5.41) is 7.40. The molecule has 0 bridgehead atoms. The second-order valence-corrected chi connectivity index (χ2v) is 8.67. The second-order valence-electron chi connectivity index (χ2n) is 7.19. The van der Waals surface area contributed by atoms with Gasteiger partial charge >= 0.3 is 0 Å². The van der Waals surface area contributed by atoms with E-state index < -0.39 is 9.75 Å². The lowest BCUT2D eigenvalue weighted by Gasteiger charge is -2.33. The number of amides is 1. The lowest BCUT2D eigenvalue weighted by Crippen LogP contribution is -2.43. The van der Waals surface area contributed by atoms with Crippen LogP contribution in [0.3, 0.4) is 0 Å². The van der Waals surface area contributed by atoms with Crippen LogP contribution in [0.2, 0.25) is 0 Å². The summed E-state index contributed by atoms with van der Waals surface area (Å²) in [6.07, 6.45) is 2.26. The van der Waals surface area contributed by atoms with Gasteiger partial charge in [-0.15, -0.1) is 23.2 Å². The topological polar surface area (TPSA) is 61.9 Å². The van der Waals surface area contributed by atoms with E-state index >= 15 is 0 Å². The quantitative estimate of drug-likeness (QED) is 0.826. The number of nitrogens with zero attached hydrogens (tertiary/aromatic N) is 3. The molecule has 1 aliphatic heterocycles. The van der Waals surface area contributed by atoms with Crippen LogP contribution in [-0.2, 0) is 4.79 Å². The molecular formula is C18H20Cl2N4O. The van der Waals surface area contributed by atoms with E-state index in [9.17, 15) is 4.79 Å². The fourth-order valence-electron chi connectivity index (χ4n) is 3.51. The summed E-state index contributed by atoms with van der Waals surface area (Å²) in [5.41, 5.74) is 0.371. The minimum absolute atomic E-state index is 0.0681. The molecule has 2 aromatic rings. The molecule has 25 heavy (non-hydrogen) atoms. The number of rotatable bonds is 3. The van der Waals surface area contributed by atoms with Crippen molar-refractivity contribution in [2.24, 2.45) is 5.41 Å². The summed E-state index contributed by atoms with van der Waals surface area (Å²) in [6, 6.07) is 9.91. The highest BCUT2D eigenvalue weighted by atomic mass is 35.5. The van der Waals surface area contributed by atoms with Gasteiger partial charge in [-0.2, -0.15) is 5.10 Å². The number of alkyl halides is 2. The van der Waals surface area contributed by atoms with Crippen LogP contribution in [0.15, 0.2) is 30.3 Å². The lowest BCUT2D eigenvalue weighted by molar-refractivity contribution is -0.137. The molecule has 0 radical (unpaired) electrons. The van der Waals surface area contributed by atoms with E-state index in [4.69, 9.17) is 23.2 Å². The van der Waals surface area contributed by atoms with E-state index in [1.54, 1.807) is 0 Å². The Bertz CT molecular complexity index is 783. The largest absolute Gasteiger partial charge is 0.342 e. The second kappa shape index (κ2) is 5.99. The Morgan fingerprint density at radius 2 is 1.88 bits per heavy atom. The molecule has 1 atom stereocenters. The maximum atomic E-state index is 12.7. The first kappa shape index (κ1) is 16.9. The zero-order valence-corrected chi connectivity index (χ0v) is 15.5. The number of piperidine rings is 1. The monoisotopic (exact) mass is 378 g/mol. The van der Waals surface area contributed by atoms with Crippen molar-refractivity contribution in [2.75, 3.05) is 13.1 Å². The number of aromatic nitrogens is 3. The molecule has 2 fully saturated rings. The van der Waals surface area contributed by atoms with Crippen molar-refractivity contribution < 1.29 is 4.79 Å². The molecule has 1 aliphatic carbocycles. The van der Waals surface area contributed by atoms with Gasteiger partial charge in [0.1, 0.15) is 10.2 Å². The van der Waals surface area contributed by atoms with E-state index in [-0.39, 0.29) is 11.8 Å². The molecule has 1 saturated carbocycles. The average molecular weight is 379 g/mol. The molecule has 1 amide bonds. The molecule has 0 spiro atoms. The van der Waals surface area contributed by atoms with E-state index in [1.807, 2.05) is 42.2 Å². The number of hydrogen-bond acceptors (Lipinski definition) is 3. The lowest BCUT2D eigenvalue weighted by atomic mass is 9.94. The Morgan fingerprint density at radius 3 is 2.48 bits per heavy atom. The van der Waals surface area contributed by atoms with Gasteiger partial charge in [0.25, 0.3) is 0 Å². The van der Waals surface area contributed by atoms with Crippen molar-refractivity contribution in [1.82, 2.24) is 20.1 Å². The van der Waals surface area contributed by atoms with Gasteiger partial charge in [-0.3, -0.25) is 9.89 Å². The number of carbonyl (C=O) groups is 1. The summed E-state index contributed by atoms with van der Waals surface area (Å²) in [4.78, 5) is 19.2. The van der Waals surface area contributed by atoms with Crippen LogP contribution in [0.4, 0.5) is 0 Å². The zero-order chi connectivity index (χ0) is 17.7. The Kier molecular flexibility index (Phi) is 4.04. The average Bonchev–Trinajstić information content (AvgIpc) is 2.99. The van der Waals surface area contributed by atoms with Gasteiger partial charge in [0.05, 0.1) is 5.41 Å². The van der Waals surface area contributed by atoms with E-state index in [2.05, 4.69) is 15.2 Å². The summed E-state index contributed by atoms with van der Waals surface area (Å²) in [6.45, 7) is 3.25. The van der Waals surface area contributed by atoms with Gasteiger partial charge in [0.2, 0.25) is 5.91 Å². The van der Waals surface area contributed by atoms with Crippen LogP contribution >= 0.6 is 23.2 Å². The molecule has 132 valence electrons. The predicted octanol–water partition coefficient (Wildman–Crippen LogP) is 3.76. The minimum atomic E-state index is -0.906. The molecule has 0 unspecified atom stereocenters. The van der Waals surface area contributed by atoms with Gasteiger partial charge in [-0.25, -0.2) is 4.98 Å². The maximum absolute atomic E-state index is 12.7. The predicted molar refractivity (Wildman–Crippen MR) is 97.5 cm³/mol. The fourth-order valence-corrected chi connectivity index (χ4v) is 4.21. The van der Waals surface area contributed by atoms with Crippen LogP contribution in [0, 0.1) is 5.41 Å². The molecule has 7 heteroatoms. The third-order valence-corrected chi connectivity index (χ3v) is 6.53. The standard InChI is InChI=1S/C18H20Cl2N4O/c1-17(11-18(17,19)20)16(25)24-9-7-13(8-10-24)15-21-14(22-23-15)12-5-3-2-4-6-12/h2-6,13H,7-11H2,1H3,(H,21,22,23)/t17-/m0/s1. The summed E-state index contributed by atoms with van der Waals surface area (Å²) < 4.78 is -0.906. The molecular weight excluding hydrogens is 359 g/mol. The van der Waals surface area contributed by atoms with Crippen molar-refractivity contribution in [2.45, 2.75) is 36.4 Å². The number of aromatic amines is 1. The Balaban J connectivity index is 1.40. The van der Waals surface area contributed by atoms with Crippen molar-refractivity contribution in [1.29, 1.82) is 0 Å². The first-order valence-corrected chi connectivity index (χ1v) is 9.31. The molecule has 4 rings (SSSR count). The number of carbonyl (C=O) groups excluding carboxylic acids is 1.